The number of aliphatic hydroxyl groups excluding tert-OH is 1. The van der Waals surface area contributed by atoms with E-state index < -0.39 is 35.8 Å². The van der Waals surface area contributed by atoms with Crippen molar-refractivity contribution in [1.29, 1.82) is 0 Å². The highest BCUT2D eigenvalue weighted by Gasteiger charge is 2.40. The third kappa shape index (κ3) is 9.58. The number of esters is 1. The number of carbonyl (C=O) groups is 3. The topological polar surface area (TPSA) is 174 Å². The van der Waals surface area contributed by atoms with Crippen LogP contribution in [0.25, 0.3) is 6.08 Å². The second-order valence-corrected chi connectivity index (χ2v) is 12.8. The van der Waals surface area contributed by atoms with Gasteiger partial charge in [-0.1, -0.05) is 29.8 Å². The minimum atomic E-state index is -0.893. The third-order valence-electron chi connectivity index (χ3n) is 8.12. The second kappa shape index (κ2) is 17.5. The molecular weight excluding hydrogens is 739 g/mol. The number of methoxy groups -OCH3 is 1. The number of carbonyl (C=O) groups excluding carboxylic acids is 3. The van der Waals surface area contributed by atoms with Crippen LogP contribution in [0.5, 0.6) is 11.6 Å². The zero-order chi connectivity index (χ0) is 39.0. The summed E-state index contributed by atoms with van der Waals surface area (Å²) in [5.74, 6) is -2.99. The average molecular weight is 775 g/mol. The van der Waals surface area contributed by atoms with E-state index in [0.717, 1.165) is 18.3 Å². The summed E-state index contributed by atoms with van der Waals surface area (Å²) in [4.78, 5) is 53.0. The second-order valence-electron chi connectivity index (χ2n) is 12.0. The molecule has 53 heavy (non-hydrogen) atoms. The van der Waals surface area contributed by atoms with Gasteiger partial charge in [-0.3, -0.25) is 19.5 Å². The maximum Gasteiger partial charge on any atom is 0.339 e. The normalized spacial score (nSPS) is 14.3. The molecule has 2 N–H and O–H groups in total. The van der Waals surface area contributed by atoms with Gasteiger partial charge in [0, 0.05) is 38.0 Å². The summed E-state index contributed by atoms with van der Waals surface area (Å²) in [6, 6.07) is 5.08. The van der Waals surface area contributed by atoms with Crippen LogP contribution in [0.4, 0.5) is 14.6 Å². The number of amides is 2. The van der Waals surface area contributed by atoms with Crippen molar-refractivity contribution in [2.24, 2.45) is 0 Å². The van der Waals surface area contributed by atoms with Crippen molar-refractivity contribution < 1.29 is 42.5 Å². The highest BCUT2D eigenvalue weighted by atomic mass is 35.5. The van der Waals surface area contributed by atoms with Gasteiger partial charge in [0.1, 0.15) is 17.4 Å². The number of ether oxygens (including phenoxy) is 2. The Morgan fingerprint density at radius 1 is 1.11 bits per heavy atom. The number of nitrogens with one attached hydrogen (secondary N) is 1. The Morgan fingerprint density at radius 2 is 1.85 bits per heavy atom. The molecule has 14 nitrogen and oxygen atoms in total. The smallest absolute Gasteiger partial charge is 0.339 e. The molecule has 18 heteroatoms. The monoisotopic (exact) mass is 773 g/mol. The molecule has 0 saturated carbocycles. The predicted octanol–water partition coefficient (Wildman–Crippen LogP) is 5.05. The molecule has 0 spiro atoms. The van der Waals surface area contributed by atoms with Crippen LogP contribution >= 0.6 is 23.2 Å². The molecule has 0 aliphatic carbocycles. The van der Waals surface area contributed by atoms with Crippen LogP contribution in [0, 0.1) is 16.8 Å². The van der Waals surface area contributed by atoms with E-state index in [1.165, 1.54) is 43.9 Å². The van der Waals surface area contributed by atoms with E-state index in [2.05, 4.69) is 31.6 Å². The molecule has 0 radical (unpaired) electrons. The van der Waals surface area contributed by atoms with Crippen LogP contribution in [0.15, 0.2) is 61.7 Å². The maximum absolute atomic E-state index is 13.8. The average Bonchev–Trinajstić information content (AvgIpc) is 3.12. The number of halogens is 4. The molecule has 4 heterocycles. The lowest BCUT2D eigenvalue weighted by Gasteiger charge is -2.48. The fourth-order valence-corrected chi connectivity index (χ4v) is 5.83. The summed E-state index contributed by atoms with van der Waals surface area (Å²) in [6.45, 7) is 9.36. The minimum absolute atomic E-state index is 0.0474. The van der Waals surface area contributed by atoms with Gasteiger partial charge in [-0.05, 0) is 45.0 Å². The number of hydrogen-bond acceptors (Lipinski definition) is 11. The quantitative estimate of drug-likeness (QED) is 0.132. The lowest BCUT2D eigenvalue weighted by Crippen LogP contribution is -2.63. The Bertz CT molecular complexity index is 2000. The van der Waals surface area contributed by atoms with Gasteiger partial charge < -0.3 is 30.0 Å². The first kappa shape index (κ1) is 40.5. The van der Waals surface area contributed by atoms with Crippen LogP contribution in [0.3, 0.4) is 0 Å². The molecule has 1 saturated heterocycles. The molecule has 280 valence electrons. The zero-order valence-electron chi connectivity index (χ0n) is 29.0. The Hall–Kier alpha value is -5.29. The Labute approximate surface area is 313 Å². The summed E-state index contributed by atoms with van der Waals surface area (Å²) < 4.78 is 37.1. The van der Waals surface area contributed by atoms with E-state index >= 15 is 0 Å². The SMILES string of the molecule is C=Cc1nccc(C(=O)OC)c1Cl.C[C@@H](C(=O)Nc1cnc(Oc2ccc(F)cc2F)cn1)N1CCN(C(=O)c2cc[n+]([O-])c(CO)c2Cl)C(C)(C)C1. The van der Waals surface area contributed by atoms with Gasteiger partial charge in [-0.15, -0.1) is 0 Å². The summed E-state index contributed by atoms with van der Waals surface area (Å²) >= 11 is 12.1. The predicted molar refractivity (Wildman–Crippen MR) is 190 cm³/mol. The van der Waals surface area contributed by atoms with Crippen molar-refractivity contribution in [3.63, 3.8) is 0 Å². The van der Waals surface area contributed by atoms with Crippen molar-refractivity contribution in [3.8, 4) is 11.6 Å². The maximum atomic E-state index is 13.8. The summed E-state index contributed by atoms with van der Waals surface area (Å²) in [7, 11) is 1.30. The van der Waals surface area contributed by atoms with E-state index in [1.807, 2.05) is 18.7 Å². The molecule has 5 rings (SSSR count). The number of pyridine rings is 2. The summed E-state index contributed by atoms with van der Waals surface area (Å²) in [6.07, 6.45) is 6.53. The molecular formula is C35H35Cl2F2N7O7. The van der Waals surface area contributed by atoms with E-state index in [4.69, 9.17) is 27.9 Å². The zero-order valence-corrected chi connectivity index (χ0v) is 30.5. The lowest BCUT2D eigenvalue weighted by molar-refractivity contribution is -0.616. The lowest BCUT2D eigenvalue weighted by atomic mass is 9.96. The molecule has 3 aromatic heterocycles. The highest BCUT2D eigenvalue weighted by Crippen LogP contribution is 2.28. The number of aromatic nitrogens is 4. The highest BCUT2D eigenvalue weighted by molar-refractivity contribution is 6.35. The number of piperazine rings is 1. The van der Waals surface area contributed by atoms with E-state index in [1.54, 1.807) is 11.8 Å². The number of anilines is 1. The van der Waals surface area contributed by atoms with Crippen LogP contribution in [-0.2, 0) is 16.1 Å². The van der Waals surface area contributed by atoms with Crippen molar-refractivity contribution in [3.05, 3.63) is 111 Å². The van der Waals surface area contributed by atoms with Gasteiger partial charge in [0.15, 0.2) is 23.6 Å². The largest absolute Gasteiger partial charge is 0.618 e. The third-order valence-corrected chi connectivity index (χ3v) is 8.94. The van der Waals surface area contributed by atoms with Gasteiger partial charge in [-0.25, -0.2) is 23.5 Å². The standard InChI is InChI=1S/C26H27ClF2N6O5.C9H8ClNO2/c1-15(24(37)32-21-11-31-22(12-30-21)40-20-5-4-16(28)10-18(20)29)33-8-9-34(26(2,3)14-33)25(38)17-6-7-35(39)19(13-36)23(17)27;1-3-7-8(10)6(4-5-11-7)9(12)13-2/h4-7,10-12,15,36H,8-9,13-14H2,1-3H3,(H,30,32,37);3-5H,1H2,2H3/t15-;/m0./s1. The fourth-order valence-electron chi connectivity index (χ4n) is 5.28. The number of benzene rings is 1. The first-order chi connectivity index (χ1) is 25.1. The van der Waals surface area contributed by atoms with Gasteiger partial charge in [0.05, 0.1) is 52.9 Å². The molecule has 1 fully saturated rings. The molecule has 1 aliphatic heterocycles. The van der Waals surface area contributed by atoms with Crippen LogP contribution in [0.1, 0.15) is 52.9 Å². The Morgan fingerprint density at radius 3 is 2.45 bits per heavy atom. The minimum Gasteiger partial charge on any atom is -0.618 e. The van der Waals surface area contributed by atoms with Crippen LogP contribution < -0.4 is 14.8 Å². The molecule has 1 aromatic carbocycles. The number of aliphatic hydroxyl groups is 1. The Kier molecular flexibility index (Phi) is 13.4. The first-order valence-corrected chi connectivity index (χ1v) is 16.6. The number of rotatable bonds is 9. The first-order valence-electron chi connectivity index (χ1n) is 15.8. The van der Waals surface area contributed by atoms with Crippen LogP contribution in [-0.4, -0.2) is 86.0 Å². The summed E-state index contributed by atoms with van der Waals surface area (Å²) in [5.41, 5.74) is 0.0704. The number of hydrogen-bond donors (Lipinski definition) is 2. The van der Waals surface area contributed by atoms with Crippen molar-refractivity contribution in [2.45, 2.75) is 39.0 Å². The molecule has 1 atom stereocenters. The van der Waals surface area contributed by atoms with E-state index in [9.17, 15) is 33.5 Å². The molecule has 2 amide bonds. The van der Waals surface area contributed by atoms with Gasteiger partial charge in [-0.2, -0.15) is 4.73 Å². The molecule has 0 unspecified atom stereocenters. The molecule has 4 aromatic rings. The van der Waals surface area contributed by atoms with Gasteiger partial charge >= 0.3 is 5.97 Å². The summed E-state index contributed by atoms with van der Waals surface area (Å²) in [5, 5.41) is 24.1. The molecule has 1 aliphatic rings. The fraction of sp³-hybridized carbons (Fsp3) is 0.286. The van der Waals surface area contributed by atoms with Crippen molar-refractivity contribution in [2.75, 3.05) is 32.1 Å². The van der Waals surface area contributed by atoms with E-state index in [0.29, 0.717) is 35.1 Å². The van der Waals surface area contributed by atoms with Crippen LogP contribution in [0.2, 0.25) is 10.0 Å². The Balaban J connectivity index is 0.000000407. The van der Waals surface area contributed by atoms with Gasteiger partial charge in [0.25, 0.3) is 5.91 Å². The number of nitrogens with zero attached hydrogens (tertiary/aromatic N) is 6. The van der Waals surface area contributed by atoms with Gasteiger partial charge in [0.2, 0.25) is 17.5 Å². The van der Waals surface area contributed by atoms with Crippen molar-refractivity contribution in [1.82, 2.24) is 24.8 Å². The molecule has 0 bridgehead atoms. The van der Waals surface area contributed by atoms with E-state index in [-0.39, 0.29) is 57.1 Å². The van der Waals surface area contributed by atoms with Crippen molar-refractivity contribution >= 4 is 52.9 Å².